The molecule has 0 saturated carbocycles. The Balaban J connectivity index is 1.98. The fourth-order valence-corrected chi connectivity index (χ4v) is 4.70. The molecule has 26 heavy (non-hydrogen) atoms. The molecule has 132 valence electrons. The third kappa shape index (κ3) is 4.70. The Morgan fingerprint density at radius 3 is 1.96 bits per heavy atom. The predicted octanol–water partition coefficient (Wildman–Crippen LogP) is 5.47. The van der Waals surface area contributed by atoms with Crippen LogP contribution >= 0.6 is 0 Å². The lowest BCUT2D eigenvalue weighted by atomic mass is 10.0. The van der Waals surface area contributed by atoms with E-state index in [2.05, 4.69) is 34.7 Å². The molecule has 0 spiro atoms. The predicted molar refractivity (Wildman–Crippen MR) is 111 cm³/mol. The molecule has 3 aromatic carbocycles. The second-order valence-electron chi connectivity index (χ2n) is 6.16. The zero-order chi connectivity index (χ0) is 18.2. The summed E-state index contributed by atoms with van der Waals surface area (Å²) in [6.45, 7) is 0. The molecule has 3 aromatic rings. The van der Waals surface area contributed by atoms with E-state index in [1.54, 1.807) is 7.05 Å². The number of nitrogens with zero attached hydrogens (tertiary/aromatic N) is 1. The van der Waals surface area contributed by atoms with Gasteiger partial charge in [-0.2, -0.15) is 0 Å². The number of benzene rings is 3. The van der Waals surface area contributed by atoms with Gasteiger partial charge in [-0.05, 0) is 29.7 Å². The van der Waals surface area contributed by atoms with Crippen molar-refractivity contribution in [3.8, 4) is 0 Å². The van der Waals surface area contributed by atoms with E-state index in [1.165, 1.54) is 5.56 Å². The van der Waals surface area contributed by atoms with Gasteiger partial charge in [0.1, 0.15) is 0 Å². The monoisotopic (exact) mass is 361 g/mol. The quantitative estimate of drug-likeness (QED) is 0.572. The van der Waals surface area contributed by atoms with Crippen LogP contribution in [0.15, 0.2) is 106 Å². The van der Waals surface area contributed by atoms with Crippen molar-refractivity contribution in [1.29, 1.82) is 0 Å². The van der Waals surface area contributed by atoms with Crippen LogP contribution in [-0.4, -0.2) is 17.0 Å². The minimum absolute atomic E-state index is 0.428. The van der Waals surface area contributed by atoms with Crippen molar-refractivity contribution in [3.63, 3.8) is 0 Å². The second-order valence-corrected chi connectivity index (χ2v) is 8.56. The summed E-state index contributed by atoms with van der Waals surface area (Å²) >= 11 is 0. The zero-order valence-electron chi connectivity index (χ0n) is 14.9. The molecule has 3 heteroatoms. The Kier molecular flexibility index (Phi) is 6.03. The van der Waals surface area contributed by atoms with E-state index in [-0.39, 0.29) is 0 Å². The molecule has 0 aliphatic rings. The van der Waals surface area contributed by atoms with Crippen LogP contribution in [0.5, 0.6) is 0 Å². The maximum absolute atomic E-state index is 13.5. The minimum atomic E-state index is -2.49. The molecule has 0 aromatic heterocycles. The highest BCUT2D eigenvalue weighted by Crippen LogP contribution is 2.21. The summed E-state index contributed by atoms with van der Waals surface area (Å²) in [6, 6.07) is 30.0. The Morgan fingerprint density at radius 1 is 0.846 bits per heavy atom. The fraction of sp³-hybridized carbons (Fsp3) is 0.130. The van der Waals surface area contributed by atoms with E-state index < -0.39 is 9.73 Å². The standard InChI is InChI=1S/C23H23NOS/c1-24-26(25,23-15-9-4-10-16-23)19-22(17-20-11-5-2-6-12-20)18-21-13-7-3-8-14-21/h2-17H,18-19H2,1H3/b22-17-. The number of hydrogen-bond donors (Lipinski definition) is 0. The van der Waals surface area contributed by atoms with Gasteiger partial charge in [-0.15, -0.1) is 0 Å². The van der Waals surface area contributed by atoms with Gasteiger partial charge >= 0.3 is 0 Å². The average molecular weight is 362 g/mol. The van der Waals surface area contributed by atoms with Crippen molar-refractivity contribution in [2.45, 2.75) is 11.3 Å². The van der Waals surface area contributed by atoms with Crippen LogP contribution < -0.4 is 0 Å². The van der Waals surface area contributed by atoms with E-state index in [4.69, 9.17) is 0 Å². The minimum Gasteiger partial charge on any atom is -0.244 e. The van der Waals surface area contributed by atoms with Crippen LogP contribution in [0.3, 0.4) is 0 Å². The van der Waals surface area contributed by atoms with E-state index in [1.807, 2.05) is 66.7 Å². The van der Waals surface area contributed by atoms with Crippen LogP contribution in [0.25, 0.3) is 6.08 Å². The van der Waals surface area contributed by atoms with Gasteiger partial charge < -0.3 is 0 Å². The van der Waals surface area contributed by atoms with Crippen LogP contribution in [0.2, 0.25) is 0 Å². The smallest absolute Gasteiger partial charge is 0.0788 e. The molecule has 0 bridgehead atoms. The largest absolute Gasteiger partial charge is 0.244 e. The lowest BCUT2D eigenvalue weighted by Gasteiger charge is -2.14. The van der Waals surface area contributed by atoms with Crippen LogP contribution in [0, 0.1) is 0 Å². The molecule has 0 aliphatic heterocycles. The summed E-state index contributed by atoms with van der Waals surface area (Å²) in [7, 11) is -0.838. The average Bonchev–Trinajstić information content (AvgIpc) is 2.70. The fourth-order valence-electron chi connectivity index (χ4n) is 2.92. The summed E-state index contributed by atoms with van der Waals surface area (Å²) in [6.07, 6.45) is 2.90. The second kappa shape index (κ2) is 8.63. The zero-order valence-corrected chi connectivity index (χ0v) is 15.7. The molecule has 0 amide bonds. The third-order valence-electron chi connectivity index (χ3n) is 4.23. The summed E-state index contributed by atoms with van der Waals surface area (Å²) in [4.78, 5) is 0.787. The highest BCUT2D eigenvalue weighted by molar-refractivity contribution is 7.93. The molecule has 0 saturated heterocycles. The van der Waals surface area contributed by atoms with Crippen LogP contribution in [0.4, 0.5) is 0 Å². The summed E-state index contributed by atoms with van der Waals surface area (Å²) in [5.74, 6) is 0.428. The highest BCUT2D eigenvalue weighted by Gasteiger charge is 2.15. The van der Waals surface area contributed by atoms with Crippen LogP contribution in [-0.2, 0) is 16.1 Å². The molecule has 0 N–H and O–H groups in total. The van der Waals surface area contributed by atoms with Crippen molar-refractivity contribution in [2.24, 2.45) is 4.36 Å². The summed E-state index contributed by atoms with van der Waals surface area (Å²) < 4.78 is 17.8. The maximum atomic E-state index is 13.5. The number of rotatable bonds is 6. The molecular formula is C23H23NOS. The van der Waals surface area contributed by atoms with Gasteiger partial charge in [-0.3, -0.25) is 0 Å². The molecule has 0 fully saturated rings. The lowest BCUT2D eigenvalue weighted by molar-refractivity contribution is 0.677. The lowest BCUT2D eigenvalue weighted by Crippen LogP contribution is -2.10. The van der Waals surface area contributed by atoms with Crippen molar-refractivity contribution in [2.75, 3.05) is 12.8 Å². The first-order valence-corrected chi connectivity index (χ1v) is 10.3. The molecule has 3 rings (SSSR count). The van der Waals surface area contributed by atoms with Crippen LogP contribution in [0.1, 0.15) is 11.1 Å². The Labute approximate surface area is 156 Å². The van der Waals surface area contributed by atoms with Gasteiger partial charge in [0.2, 0.25) is 0 Å². The molecule has 0 aliphatic carbocycles. The van der Waals surface area contributed by atoms with Gasteiger partial charge in [-0.25, -0.2) is 8.57 Å². The van der Waals surface area contributed by atoms with E-state index in [0.29, 0.717) is 5.75 Å². The molecule has 1 unspecified atom stereocenters. The maximum Gasteiger partial charge on any atom is 0.0788 e. The summed E-state index contributed by atoms with van der Waals surface area (Å²) in [5, 5.41) is 0. The Morgan fingerprint density at radius 2 is 1.38 bits per heavy atom. The van der Waals surface area contributed by atoms with Gasteiger partial charge in [0, 0.05) is 11.9 Å². The first-order chi connectivity index (χ1) is 12.7. The van der Waals surface area contributed by atoms with Gasteiger partial charge in [0.15, 0.2) is 0 Å². The topological polar surface area (TPSA) is 29.4 Å². The van der Waals surface area contributed by atoms with E-state index in [0.717, 1.165) is 22.5 Å². The normalized spacial score (nSPS) is 13.8. The van der Waals surface area contributed by atoms with Gasteiger partial charge in [-0.1, -0.05) is 90.5 Å². The summed E-state index contributed by atoms with van der Waals surface area (Å²) in [5.41, 5.74) is 3.44. The molecule has 1 atom stereocenters. The van der Waals surface area contributed by atoms with Crippen molar-refractivity contribution in [1.82, 2.24) is 0 Å². The third-order valence-corrected chi connectivity index (χ3v) is 6.59. The van der Waals surface area contributed by atoms with Crippen molar-refractivity contribution >= 4 is 15.8 Å². The van der Waals surface area contributed by atoms with E-state index in [9.17, 15) is 4.21 Å². The molecule has 2 nitrogen and oxygen atoms in total. The molecular weight excluding hydrogens is 338 g/mol. The van der Waals surface area contributed by atoms with E-state index >= 15 is 0 Å². The number of hydrogen-bond acceptors (Lipinski definition) is 2. The Hall–Kier alpha value is -2.65. The first kappa shape index (κ1) is 18.2. The van der Waals surface area contributed by atoms with Gasteiger partial charge in [0.05, 0.1) is 15.5 Å². The van der Waals surface area contributed by atoms with Crippen molar-refractivity contribution in [3.05, 3.63) is 108 Å². The molecule has 0 heterocycles. The highest BCUT2D eigenvalue weighted by atomic mass is 32.2. The van der Waals surface area contributed by atoms with Gasteiger partial charge in [0.25, 0.3) is 0 Å². The van der Waals surface area contributed by atoms with Crippen molar-refractivity contribution < 1.29 is 4.21 Å². The first-order valence-electron chi connectivity index (χ1n) is 8.66. The Bertz CT molecular complexity index is 970. The molecule has 0 radical (unpaired) electrons. The SMILES string of the molecule is CN=S(=O)(C/C(=C\c1ccccc1)Cc1ccccc1)c1ccccc1.